The Morgan fingerprint density at radius 1 is 0.377 bits per heavy atom. The van der Waals surface area contributed by atoms with Crippen molar-refractivity contribution in [2.75, 3.05) is 0 Å². The number of rotatable bonds is 41. The summed E-state index contributed by atoms with van der Waals surface area (Å²) in [7, 11) is -2.76. The Balaban J connectivity index is 0. The number of hydrogen-bond donors (Lipinski definition) is 1. The molecule has 0 aliphatic rings. The van der Waals surface area contributed by atoms with Crippen LogP contribution < -0.4 is 0 Å². The van der Waals surface area contributed by atoms with Gasteiger partial charge >= 0.3 is 8.56 Å². The Labute approximate surface area is 338 Å². The summed E-state index contributed by atoms with van der Waals surface area (Å²) in [6.45, 7) is 8.20. The number of unbranched alkanes of at least 4 members (excludes halogenated alkanes) is 35. The standard InChI is InChI=1S/C45H90O4Si.CH2OS/c1-5-7-9-11-13-15-17-19-21-22-23-24-25-26-27-29-31-33-35-37-39-41-43-45(47)49-50(3,4)48-44(46)42-40-38-36-34-32-30-28-20-18-16-14-12-10-8-6-2;2-1-3/h5-43H2,1-4H3;1H,(H,2,3). The van der Waals surface area contributed by atoms with E-state index < -0.39 is 8.56 Å². The summed E-state index contributed by atoms with van der Waals surface area (Å²) >= 11 is 3.11. The average molecular weight is 785 g/mol. The van der Waals surface area contributed by atoms with Crippen LogP contribution in [0.4, 0.5) is 0 Å². The average Bonchev–Trinajstić information content (AvgIpc) is 3.12. The fraction of sp³-hybridized carbons (Fsp3) is 0.935. The SMILES string of the molecule is CCCCCCCCCCCCCCCCCCCCCCCCC(=O)O[Si](C)(C)OC(=O)CCCCCCCCCCCCCCCCC.O=CS. The molecular weight excluding hydrogens is 693 g/mol. The Hall–Kier alpha value is -0.823. The molecule has 0 saturated heterocycles. The summed E-state index contributed by atoms with van der Waals surface area (Å²) in [5, 5.41) is 0. The maximum Gasteiger partial charge on any atom is 0.457 e. The zero-order valence-electron chi connectivity index (χ0n) is 36.1. The molecule has 0 fully saturated rings. The molecule has 0 aliphatic carbocycles. The Kier molecular flexibility index (Phi) is 46.7. The first kappa shape index (κ1) is 54.3. The second-order valence-corrected chi connectivity index (χ2v) is 19.7. The molecule has 5 nitrogen and oxygen atoms in total. The summed E-state index contributed by atoms with van der Waals surface area (Å²) < 4.78 is 11.3. The van der Waals surface area contributed by atoms with Crippen molar-refractivity contribution in [3.63, 3.8) is 0 Å². The third-order valence-electron chi connectivity index (χ3n) is 10.4. The maximum atomic E-state index is 12.4. The largest absolute Gasteiger partial charge is 0.485 e. The van der Waals surface area contributed by atoms with E-state index in [-0.39, 0.29) is 11.9 Å². The van der Waals surface area contributed by atoms with Gasteiger partial charge < -0.3 is 8.85 Å². The first-order valence-electron chi connectivity index (χ1n) is 23.3. The van der Waals surface area contributed by atoms with Gasteiger partial charge in [0.1, 0.15) is 0 Å². The van der Waals surface area contributed by atoms with E-state index in [1.165, 1.54) is 212 Å². The van der Waals surface area contributed by atoms with Gasteiger partial charge in [-0.05, 0) is 12.8 Å². The molecule has 0 heterocycles. The molecule has 0 aromatic rings. The van der Waals surface area contributed by atoms with Gasteiger partial charge in [0.2, 0.25) is 0 Å². The van der Waals surface area contributed by atoms with Crippen molar-refractivity contribution in [2.45, 2.75) is 277 Å². The molecule has 0 radical (unpaired) electrons. The Morgan fingerprint density at radius 2 is 0.528 bits per heavy atom. The molecule has 0 unspecified atom stereocenters. The van der Waals surface area contributed by atoms with E-state index in [9.17, 15) is 9.59 Å². The molecule has 0 bridgehead atoms. The second kappa shape index (κ2) is 45.6. The summed E-state index contributed by atoms with van der Waals surface area (Å²) in [5.74, 6) is -0.400. The molecular formula is C46H92O5SSi. The van der Waals surface area contributed by atoms with Gasteiger partial charge in [-0.25, -0.2) is 0 Å². The third kappa shape index (κ3) is 49.2. The predicted molar refractivity (Wildman–Crippen MR) is 237 cm³/mol. The first-order valence-corrected chi connectivity index (χ1v) is 26.7. The van der Waals surface area contributed by atoms with Gasteiger partial charge in [-0.15, -0.1) is 12.6 Å². The van der Waals surface area contributed by atoms with Gasteiger partial charge in [0, 0.05) is 25.9 Å². The molecule has 0 amide bonds. The molecule has 0 aliphatic heterocycles. The lowest BCUT2D eigenvalue weighted by molar-refractivity contribution is -0.141. The van der Waals surface area contributed by atoms with Crippen LogP contribution in [0.3, 0.4) is 0 Å². The zero-order chi connectivity index (χ0) is 39.4. The van der Waals surface area contributed by atoms with Crippen LogP contribution in [-0.2, 0) is 23.2 Å². The number of carbonyl (C=O) groups is 3. The maximum absolute atomic E-state index is 12.4. The van der Waals surface area contributed by atoms with Gasteiger partial charge in [0.15, 0.2) is 5.62 Å². The van der Waals surface area contributed by atoms with Crippen molar-refractivity contribution in [1.82, 2.24) is 0 Å². The highest BCUT2D eigenvalue weighted by molar-refractivity contribution is 7.94. The van der Waals surface area contributed by atoms with Crippen molar-refractivity contribution in [3.8, 4) is 0 Å². The van der Waals surface area contributed by atoms with E-state index in [0.717, 1.165) is 25.7 Å². The molecule has 0 rings (SSSR count). The summed E-state index contributed by atoms with van der Waals surface area (Å²) in [6, 6.07) is 0. The molecule has 0 N–H and O–H groups in total. The summed E-state index contributed by atoms with van der Waals surface area (Å²) in [5.41, 5.74) is 0.444. The number of thiol groups is 1. The van der Waals surface area contributed by atoms with Crippen LogP contribution >= 0.6 is 12.6 Å². The van der Waals surface area contributed by atoms with Gasteiger partial charge in [-0.3, -0.25) is 14.4 Å². The van der Waals surface area contributed by atoms with E-state index >= 15 is 0 Å². The first-order chi connectivity index (χ1) is 25.8. The van der Waals surface area contributed by atoms with Crippen molar-refractivity contribution in [2.24, 2.45) is 0 Å². The third-order valence-corrected chi connectivity index (χ3v) is 11.9. The van der Waals surface area contributed by atoms with Gasteiger partial charge in [-0.2, -0.15) is 0 Å². The Morgan fingerprint density at radius 3 is 0.698 bits per heavy atom. The summed E-state index contributed by atoms with van der Waals surface area (Å²) in [6.07, 6.45) is 50.5. The van der Waals surface area contributed by atoms with Gasteiger partial charge in [0.25, 0.3) is 11.9 Å². The molecule has 0 aromatic carbocycles. The zero-order valence-corrected chi connectivity index (χ0v) is 38.0. The lowest BCUT2D eigenvalue weighted by Gasteiger charge is -2.22. The normalized spacial score (nSPS) is 11.3. The highest BCUT2D eigenvalue weighted by atomic mass is 32.1. The van der Waals surface area contributed by atoms with E-state index in [1.54, 1.807) is 0 Å². The van der Waals surface area contributed by atoms with Gasteiger partial charge in [-0.1, -0.05) is 239 Å². The molecule has 0 spiro atoms. The lowest BCUT2D eigenvalue weighted by Crippen LogP contribution is -2.39. The van der Waals surface area contributed by atoms with Crippen molar-refractivity contribution < 1.29 is 23.2 Å². The van der Waals surface area contributed by atoms with E-state index in [4.69, 9.17) is 13.6 Å². The van der Waals surface area contributed by atoms with Crippen LogP contribution in [0.25, 0.3) is 0 Å². The molecule has 0 aromatic heterocycles. The highest BCUT2D eigenvalue weighted by Crippen LogP contribution is 2.18. The molecule has 7 heteroatoms. The van der Waals surface area contributed by atoms with Crippen molar-refractivity contribution in [3.05, 3.63) is 0 Å². The molecule has 0 saturated carbocycles. The number of hydrogen-bond acceptors (Lipinski definition) is 5. The van der Waals surface area contributed by atoms with Gasteiger partial charge in [0.05, 0.1) is 0 Å². The smallest absolute Gasteiger partial charge is 0.457 e. The van der Waals surface area contributed by atoms with E-state index in [2.05, 4.69) is 26.5 Å². The lowest BCUT2D eigenvalue weighted by atomic mass is 10.0. The van der Waals surface area contributed by atoms with Crippen molar-refractivity contribution >= 4 is 38.7 Å². The molecule has 316 valence electrons. The minimum absolute atomic E-state index is 0.199. The fourth-order valence-electron chi connectivity index (χ4n) is 7.19. The van der Waals surface area contributed by atoms with Crippen molar-refractivity contribution in [1.29, 1.82) is 0 Å². The Bertz CT molecular complexity index is 762. The number of carbonyl (C=O) groups excluding carboxylic acids is 3. The monoisotopic (exact) mass is 785 g/mol. The minimum Gasteiger partial charge on any atom is -0.485 e. The van der Waals surface area contributed by atoms with Crippen LogP contribution in [0.2, 0.25) is 13.1 Å². The topological polar surface area (TPSA) is 69.7 Å². The van der Waals surface area contributed by atoms with E-state index in [1.807, 2.05) is 13.1 Å². The second-order valence-electron chi connectivity index (χ2n) is 16.3. The minimum atomic E-state index is -2.76. The predicted octanol–water partition coefficient (Wildman–Crippen LogP) is 16.1. The molecule has 53 heavy (non-hydrogen) atoms. The van der Waals surface area contributed by atoms with Crippen LogP contribution in [0.1, 0.15) is 264 Å². The van der Waals surface area contributed by atoms with E-state index in [0.29, 0.717) is 18.5 Å². The van der Waals surface area contributed by atoms with Crippen LogP contribution in [0, 0.1) is 0 Å². The highest BCUT2D eigenvalue weighted by Gasteiger charge is 2.33. The van der Waals surface area contributed by atoms with Crippen LogP contribution in [0.15, 0.2) is 0 Å². The fourth-order valence-corrected chi connectivity index (χ4v) is 8.53. The van der Waals surface area contributed by atoms with Crippen LogP contribution in [0.5, 0.6) is 0 Å². The van der Waals surface area contributed by atoms with Crippen LogP contribution in [-0.4, -0.2) is 26.1 Å². The summed E-state index contributed by atoms with van der Waals surface area (Å²) in [4.78, 5) is 33.4. The molecule has 0 atom stereocenters. The quantitative estimate of drug-likeness (QED) is 0.0289.